The van der Waals surface area contributed by atoms with E-state index in [0.717, 1.165) is 12.1 Å². The van der Waals surface area contributed by atoms with Crippen LogP contribution in [-0.2, 0) is 16.2 Å². The number of hydrogen-bond acceptors (Lipinski definition) is 4. The van der Waals surface area contributed by atoms with E-state index in [1.807, 2.05) is 0 Å². The molecule has 0 radical (unpaired) electrons. The lowest BCUT2D eigenvalue weighted by atomic mass is 10.1. The number of piperidine rings is 1. The summed E-state index contributed by atoms with van der Waals surface area (Å²) < 4.78 is 61.8. The fourth-order valence-corrected chi connectivity index (χ4v) is 2.91. The van der Waals surface area contributed by atoms with Crippen LogP contribution in [0.1, 0.15) is 18.4 Å². The summed E-state index contributed by atoms with van der Waals surface area (Å²) in [5.74, 6) is 0. The number of benzene rings is 1. The van der Waals surface area contributed by atoms with Gasteiger partial charge in [0.05, 0.1) is 16.6 Å². The Morgan fingerprint density at radius 2 is 2.00 bits per heavy atom. The largest absolute Gasteiger partial charge is 0.418 e. The average molecular weight is 324 g/mol. The maximum absolute atomic E-state index is 13.1. The highest BCUT2D eigenvalue weighted by Gasteiger charge is 2.36. The van der Waals surface area contributed by atoms with Crippen molar-refractivity contribution in [1.29, 1.82) is 0 Å². The van der Waals surface area contributed by atoms with Gasteiger partial charge in [-0.15, -0.1) is 0 Å². The molecule has 1 aliphatic rings. The molecule has 1 aromatic carbocycles. The van der Waals surface area contributed by atoms with Gasteiger partial charge in [0.15, 0.2) is 0 Å². The van der Waals surface area contributed by atoms with Gasteiger partial charge in [0.25, 0.3) is 0 Å². The van der Waals surface area contributed by atoms with Gasteiger partial charge in [-0.25, -0.2) is 13.6 Å². The molecule has 0 amide bonds. The fraction of sp³-hybridized carbons (Fsp3) is 0.500. The van der Waals surface area contributed by atoms with Crippen molar-refractivity contribution in [1.82, 2.24) is 0 Å². The van der Waals surface area contributed by atoms with Crippen LogP contribution in [0.5, 0.6) is 0 Å². The number of aliphatic hydroxyl groups excluding tert-OH is 1. The second kappa shape index (κ2) is 5.47. The van der Waals surface area contributed by atoms with Gasteiger partial charge in [-0.1, -0.05) is 0 Å². The number of hydrogen-bond donors (Lipinski definition) is 2. The minimum Gasteiger partial charge on any atom is -0.391 e. The summed E-state index contributed by atoms with van der Waals surface area (Å²) in [6.45, 7) is 0.451. The monoisotopic (exact) mass is 324 g/mol. The highest BCUT2D eigenvalue weighted by molar-refractivity contribution is 7.89. The van der Waals surface area contributed by atoms with Crippen LogP contribution >= 0.6 is 0 Å². The summed E-state index contributed by atoms with van der Waals surface area (Å²) in [6, 6.07) is 2.66. The molecule has 118 valence electrons. The lowest BCUT2D eigenvalue weighted by Crippen LogP contribution is -2.39. The van der Waals surface area contributed by atoms with Gasteiger partial charge < -0.3 is 10.0 Å². The highest BCUT2D eigenvalue weighted by atomic mass is 32.2. The van der Waals surface area contributed by atoms with Gasteiger partial charge in [-0.2, -0.15) is 13.2 Å². The van der Waals surface area contributed by atoms with Crippen molar-refractivity contribution in [2.24, 2.45) is 5.14 Å². The number of rotatable bonds is 2. The Hall–Kier alpha value is -1.32. The molecule has 1 aliphatic heterocycles. The average Bonchev–Trinajstić information content (AvgIpc) is 2.36. The topological polar surface area (TPSA) is 83.6 Å². The molecule has 1 aromatic rings. The summed E-state index contributed by atoms with van der Waals surface area (Å²) in [5, 5.41) is 14.5. The number of aliphatic hydroxyl groups is 1. The molecule has 1 saturated heterocycles. The van der Waals surface area contributed by atoms with Crippen LogP contribution in [0.4, 0.5) is 18.9 Å². The van der Waals surface area contributed by atoms with Crippen LogP contribution < -0.4 is 10.0 Å². The van der Waals surface area contributed by atoms with Crippen LogP contribution in [0.25, 0.3) is 0 Å². The lowest BCUT2D eigenvalue weighted by molar-refractivity contribution is -0.137. The van der Waals surface area contributed by atoms with Crippen LogP contribution in [0, 0.1) is 0 Å². The van der Waals surface area contributed by atoms with Crippen molar-refractivity contribution in [3.63, 3.8) is 0 Å². The molecule has 5 nitrogen and oxygen atoms in total. The van der Waals surface area contributed by atoms with Crippen molar-refractivity contribution in [3.05, 3.63) is 23.8 Å². The molecule has 3 N–H and O–H groups in total. The zero-order chi connectivity index (χ0) is 15.8. The summed E-state index contributed by atoms with van der Waals surface area (Å²) >= 11 is 0. The molecule has 0 saturated carbocycles. The molecule has 9 heteroatoms. The molecule has 0 spiro atoms. The third-order valence-corrected chi connectivity index (χ3v) is 4.25. The van der Waals surface area contributed by atoms with E-state index in [2.05, 4.69) is 0 Å². The number of primary sulfonamides is 1. The molecular weight excluding hydrogens is 309 g/mol. The van der Waals surface area contributed by atoms with E-state index < -0.39 is 32.8 Å². The maximum atomic E-state index is 13.1. The zero-order valence-electron chi connectivity index (χ0n) is 11.0. The van der Waals surface area contributed by atoms with Gasteiger partial charge in [0.1, 0.15) is 0 Å². The minimum atomic E-state index is -4.71. The molecule has 0 aromatic heterocycles. The Kier molecular flexibility index (Phi) is 4.18. The second-order valence-electron chi connectivity index (χ2n) is 4.96. The standard InChI is InChI=1S/C12H15F3N2O3S/c13-12(14,15)10-6-9(21(16,19)20)3-4-11(10)17-5-1-2-8(18)7-17/h3-4,6,8,18H,1-2,5,7H2,(H2,16,19,20)/t8-/m0/s1. The minimum absolute atomic E-state index is 0.0812. The molecule has 2 rings (SSSR count). The van der Waals surface area contributed by atoms with Crippen LogP contribution in [0.3, 0.4) is 0 Å². The maximum Gasteiger partial charge on any atom is 0.418 e. The first-order valence-corrected chi connectivity index (χ1v) is 7.81. The SMILES string of the molecule is NS(=O)(=O)c1ccc(N2CCC[C@H](O)C2)c(C(F)(F)F)c1. The predicted octanol–water partition coefficient (Wildman–Crippen LogP) is 1.31. The summed E-state index contributed by atoms with van der Waals surface area (Å²) in [5.41, 5.74) is -1.21. The quantitative estimate of drug-likeness (QED) is 0.859. The molecule has 1 heterocycles. The Labute approximate surface area is 120 Å². The first-order chi connectivity index (χ1) is 9.59. The van der Waals surface area contributed by atoms with Crippen molar-refractivity contribution in [3.8, 4) is 0 Å². The number of sulfonamides is 1. The molecule has 0 unspecified atom stereocenters. The third kappa shape index (κ3) is 3.66. The second-order valence-corrected chi connectivity index (χ2v) is 6.53. The number of alkyl halides is 3. The molecule has 0 bridgehead atoms. The molecule has 1 fully saturated rings. The first-order valence-electron chi connectivity index (χ1n) is 6.26. The normalized spacial score (nSPS) is 20.6. The highest BCUT2D eigenvalue weighted by Crippen LogP contribution is 2.38. The van der Waals surface area contributed by atoms with E-state index in [0.29, 0.717) is 25.5 Å². The van der Waals surface area contributed by atoms with Crippen LogP contribution in [0.2, 0.25) is 0 Å². The van der Waals surface area contributed by atoms with Gasteiger partial charge >= 0.3 is 6.18 Å². The molecule has 0 aliphatic carbocycles. The van der Waals surface area contributed by atoms with E-state index in [4.69, 9.17) is 5.14 Å². The van der Waals surface area contributed by atoms with Crippen molar-refractivity contribution < 1.29 is 26.7 Å². The number of halogens is 3. The zero-order valence-corrected chi connectivity index (χ0v) is 11.8. The summed E-state index contributed by atoms with van der Waals surface area (Å²) in [6.07, 6.45) is -4.31. The van der Waals surface area contributed by atoms with E-state index in [1.54, 1.807) is 0 Å². The van der Waals surface area contributed by atoms with Crippen LogP contribution in [-0.4, -0.2) is 32.7 Å². The van der Waals surface area contributed by atoms with Gasteiger partial charge in [0, 0.05) is 18.8 Å². The number of nitrogens with zero attached hydrogens (tertiary/aromatic N) is 1. The Balaban J connectivity index is 2.50. The number of anilines is 1. The Bertz CT molecular complexity index is 631. The number of β-amino-alcohol motifs (C(OH)–C–C–N with tert-alkyl or cyclic N) is 1. The predicted molar refractivity (Wildman–Crippen MR) is 70.3 cm³/mol. The molecular formula is C12H15F3N2O3S. The van der Waals surface area contributed by atoms with Gasteiger partial charge in [-0.05, 0) is 31.0 Å². The number of nitrogens with two attached hydrogens (primary N) is 1. The van der Waals surface area contributed by atoms with Crippen LogP contribution in [0.15, 0.2) is 23.1 Å². The van der Waals surface area contributed by atoms with Crippen molar-refractivity contribution in [2.45, 2.75) is 30.0 Å². The van der Waals surface area contributed by atoms with E-state index in [9.17, 15) is 26.7 Å². The summed E-state index contributed by atoms with van der Waals surface area (Å²) in [4.78, 5) is 0.820. The Morgan fingerprint density at radius 3 is 2.52 bits per heavy atom. The van der Waals surface area contributed by atoms with Crippen molar-refractivity contribution in [2.75, 3.05) is 18.0 Å². The Morgan fingerprint density at radius 1 is 1.33 bits per heavy atom. The van der Waals surface area contributed by atoms with E-state index >= 15 is 0 Å². The van der Waals surface area contributed by atoms with E-state index in [1.165, 1.54) is 4.90 Å². The summed E-state index contributed by atoms with van der Waals surface area (Å²) in [7, 11) is -4.21. The van der Waals surface area contributed by atoms with E-state index in [-0.39, 0.29) is 12.2 Å². The van der Waals surface area contributed by atoms with Gasteiger partial charge in [0.2, 0.25) is 10.0 Å². The van der Waals surface area contributed by atoms with Crippen molar-refractivity contribution >= 4 is 15.7 Å². The molecule has 1 atom stereocenters. The third-order valence-electron chi connectivity index (χ3n) is 3.34. The lowest BCUT2D eigenvalue weighted by Gasteiger charge is -2.33. The fourth-order valence-electron chi connectivity index (χ4n) is 2.37. The van der Waals surface area contributed by atoms with Gasteiger partial charge in [-0.3, -0.25) is 0 Å². The smallest absolute Gasteiger partial charge is 0.391 e. The first kappa shape index (κ1) is 16.1. The molecule has 21 heavy (non-hydrogen) atoms.